The van der Waals surface area contributed by atoms with E-state index in [1.165, 1.54) is 25.7 Å². The Morgan fingerprint density at radius 3 is 2.90 bits per heavy atom. The molecule has 0 amide bonds. The van der Waals surface area contributed by atoms with Crippen molar-refractivity contribution in [2.24, 2.45) is 11.7 Å². The predicted molar refractivity (Wildman–Crippen MR) is 80.9 cm³/mol. The second-order valence-electron chi connectivity index (χ2n) is 5.81. The molecule has 2 heterocycles. The van der Waals surface area contributed by atoms with Crippen molar-refractivity contribution in [2.45, 2.75) is 38.6 Å². The van der Waals surface area contributed by atoms with Crippen LogP contribution in [0.25, 0.3) is 5.65 Å². The molecule has 1 aliphatic rings. The molecular weight excluding hydrogens is 250 g/mol. The summed E-state index contributed by atoms with van der Waals surface area (Å²) in [6.45, 7) is 2.80. The standard InChI is InChI=1S/C15H23N5/c1-11-6-5-9-14-17-15(18-20(11)14)19(2)13-8-4-3-7-12(13)10-16/h5-6,9,12-13H,3-4,7-8,10,16H2,1-2H3. The molecule has 2 atom stereocenters. The third-order valence-electron chi connectivity index (χ3n) is 4.52. The lowest BCUT2D eigenvalue weighted by Gasteiger charge is -2.36. The minimum atomic E-state index is 0.464. The third-order valence-corrected chi connectivity index (χ3v) is 4.52. The van der Waals surface area contributed by atoms with Gasteiger partial charge >= 0.3 is 0 Å². The van der Waals surface area contributed by atoms with Crippen molar-refractivity contribution in [1.82, 2.24) is 14.6 Å². The van der Waals surface area contributed by atoms with Crippen molar-refractivity contribution in [2.75, 3.05) is 18.5 Å². The Morgan fingerprint density at radius 2 is 2.15 bits per heavy atom. The van der Waals surface area contributed by atoms with Gasteiger partial charge in [0.15, 0.2) is 5.65 Å². The molecular formula is C15H23N5. The second kappa shape index (κ2) is 5.40. The number of hydrogen-bond acceptors (Lipinski definition) is 4. The van der Waals surface area contributed by atoms with E-state index < -0.39 is 0 Å². The molecule has 0 aromatic carbocycles. The number of hydrogen-bond donors (Lipinski definition) is 1. The summed E-state index contributed by atoms with van der Waals surface area (Å²) in [7, 11) is 2.10. The molecule has 1 fully saturated rings. The lowest BCUT2D eigenvalue weighted by Crippen LogP contribution is -2.43. The quantitative estimate of drug-likeness (QED) is 0.929. The first-order chi connectivity index (χ1) is 9.70. The predicted octanol–water partition coefficient (Wildman–Crippen LogP) is 1.99. The molecule has 2 unspecified atom stereocenters. The average molecular weight is 273 g/mol. The van der Waals surface area contributed by atoms with E-state index in [1.54, 1.807) is 0 Å². The smallest absolute Gasteiger partial charge is 0.245 e. The first-order valence-corrected chi connectivity index (χ1v) is 7.46. The van der Waals surface area contributed by atoms with Crippen molar-refractivity contribution < 1.29 is 0 Å². The molecule has 1 saturated carbocycles. The number of aryl methyl sites for hydroxylation is 1. The lowest BCUT2D eigenvalue weighted by atomic mass is 9.84. The van der Waals surface area contributed by atoms with E-state index in [-0.39, 0.29) is 0 Å². The van der Waals surface area contributed by atoms with Crippen LogP contribution < -0.4 is 10.6 Å². The Hall–Kier alpha value is -1.62. The van der Waals surface area contributed by atoms with Crippen molar-refractivity contribution in [3.05, 3.63) is 23.9 Å². The van der Waals surface area contributed by atoms with Crippen LogP contribution in [0.15, 0.2) is 18.2 Å². The van der Waals surface area contributed by atoms with Crippen molar-refractivity contribution in [1.29, 1.82) is 0 Å². The molecule has 2 aromatic rings. The van der Waals surface area contributed by atoms with Gasteiger partial charge in [-0.3, -0.25) is 0 Å². The lowest BCUT2D eigenvalue weighted by molar-refractivity contribution is 0.304. The van der Waals surface area contributed by atoms with E-state index >= 15 is 0 Å². The van der Waals surface area contributed by atoms with Crippen LogP contribution in [0.2, 0.25) is 0 Å². The van der Waals surface area contributed by atoms with E-state index in [0.29, 0.717) is 12.0 Å². The zero-order valence-electron chi connectivity index (χ0n) is 12.3. The van der Waals surface area contributed by atoms with Crippen LogP contribution in [-0.2, 0) is 0 Å². The van der Waals surface area contributed by atoms with E-state index in [0.717, 1.165) is 23.8 Å². The highest BCUT2D eigenvalue weighted by atomic mass is 15.4. The van der Waals surface area contributed by atoms with Gasteiger partial charge in [-0.1, -0.05) is 18.9 Å². The van der Waals surface area contributed by atoms with Gasteiger partial charge in [0.25, 0.3) is 0 Å². The van der Waals surface area contributed by atoms with E-state index in [9.17, 15) is 0 Å². The highest BCUT2D eigenvalue weighted by Crippen LogP contribution is 2.29. The van der Waals surface area contributed by atoms with Gasteiger partial charge in [0, 0.05) is 18.8 Å². The number of nitrogens with two attached hydrogens (primary N) is 1. The van der Waals surface area contributed by atoms with Gasteiger partial charge in [0.05, 0.1) is 0 Å². The van der Waals surface area contributed by atoms with Crippen molar-refractivity contribution in [3.8, 4) is 0 Å². The molecule has 108 valence electrons. The molecule has 0 radical (unpaired) electrons. The van der Waals surface area contributed by atoms with Crippen LogP contribution in [0.3, 0.4) is 0 Å². The summed E-state index contributed by atoms with van der Waals surface area (Å²) in [5.41, 5.74) is 7.95. The molecule has 0 saturated heterocycles. The highest BCUT2D eigenvalue weighted by molar-refractivity contribution is 5.46. The van der Waals surface area contributed by atoms with Gasteiger partial charge in [0.2, 0.25) is 5.95 Å². The molecule has 5 heteroatoms. The van der Waals surface area contributed by atoms with E-state index in [4.69, 9.17) is 5.73 Å². The van der Waals surface area contributed by atoms with E-state index in [2.05, 4.69) is 35.0 Å². The molecule has 0 bridgehead atoms. The Labute approximate surface area is 119 Å². The zero-order chi connectivity index (χ0) is 14.1. The Balaban J connectivity index is 1.91. The number of nitrogens with zero attached hydrogens (tertiary/aromatic N) is 4. The number of rotatable bonds is 3. The molecule has 0 spiro atoms. The largest absolute Gasteiger partial charge is 0.339 e. The van der Waals surface area contributed by atoms with Gasteiger partial charge in [-0.15, -0.1) is 5.10 Å². The van der Waals surface area contributed by atoms with Crippen LogP contribution in [0.5, 0.6) is 0 Å². The van der Waals surface area contributed by atoms with E-state index in [1.807, 2.05) is 16.6 Å². The molecule has 1 aliphatic carbocycles. The molecule has 5 nitrogen and oxygen atoms in total. The fraction of sp³-hybridized carbons (Fsp3) is 0.600. The summed E-state index contributed by atoms with van der Waals surface area (Å²) in [6, 6.07) is 6.53. The third kappa shape index (κ3) is 2.26. The molecule has 20 heavy (non-hydrogen) atoms. The number of aromatic nitrogens is 3. The van der Waals surface area contributed by atoms with Gasteiger partial charge in [-0.05, 0) is 44.4 Å². The topological polar surface area (TPSA) is 59.5 Å². The summed E-state index contributed by atoms with van der Waals surface area (Å²) in [4.78, 5) is 6.88. The van der Waals surface area contributed by atoms with Crippen LogP contribution in [0.4, 0.5) is 5.95 Å². The number of fused-ring (bicyclic) bond motifs is 1. The normalized spacial score (nSPS) is 23.1. The van der Waals surface area contributed by atoms with Gasteiger partial charge in [-0.2, -0.15) is 4.98 Å². The Kier molecular flexibility index (Phi) is 3.61. The fourth-order valence-electron chi connectivity index (χ4n) is 3.29. The fourth-order valence-corrected chi connectivity index (χ4v) is 3.29. The van der Waals surface area contributed by atoms with Gasteiger partial charge < -0.3 is 10.6 Å². The van der Waals surface area contributed by atoms with Crippen molar-refractivity contribution in [3.63, 3.8) is 0 Å². The maximum absolute atomic E-state index is 5.94. The Morgan fingerprint density at radius 1 is 1.35 bits per heavy atom. The van der Waals surface area contributed by atoms with Crippen LogP contribution in [-0.4, -0.2) is 34.2 Å². The van der Waals surface area contributed by atoms with Crippen LogP contribution in [0, 0.1) is 12.8 Å². The molecule has 0 aliphatic heterocycles. The average Bonchev–Trinajstić information content (AvgIpc) is 2.92. The maximum atomic E-state index is 5.94. The monoisotopic (exact) mass is 273 g/mol. The van der Waals surface area contributed by atoms with Crippen molar-refractivity contribution >= 4 is 11.6 Å². The number of pyridine rings is 1. The minimum Gasteiger partial charge on any atom is -0.339 e. The summed E-state index contributed by atoms with van der Waals surface area (Å²) >= 11 is 0. The molecule has 2 aromatic heterocycles. The Bertz CT molecular complexity index is 591. The zero-order valence-corrected chi connectivity index (χ0v) is 12.3. The molecule has 3 rings (SSSR count). The second-order valence-corrected chi connectivity index (χ2v) is 5.81. The molecule has 2 N–H and O–H groups in total. The minimum absolute atomic E-state index is 0.464. The maximum Gasteiger partial charge on any atom is 0.245 e. The highest BCUT2D eigenvalue weighted by Gasteiger charge is 2.29. The first-order valence-electron chi connectivity index (χ1n) is 7.46. The van der Waals surface area contributed by atoms with Gasteiger partial charge in [-0.25, -0.2) is 4.52 Å². The summed E-state index contributed by atoms with van der Waals surface area (Å²) < 4.78 is 1.91. The first kappa shape index (κ1) is 13.4. The summed E-state index contributed by atoms with van der Waals surface area (Å²) in [5, 5.41) is 4.65. The summed E-state index contributed by atoms with van der Waals surface area (Å²) in [5.74, 6) is 1.37. The number of anilines is 1. The summed E-state index contributed by atoms with van der Waals surface area (Å²) in [6.07, 6.45) is 4.98. The van der Waals surface area contributed by atoms with Gasteiger partial charge in [0.1, 0.15) is 0 Å². The SMILES string of the molecule is Cc1cccc2nc(N(C)C3CCCCC3CN)nn12. The van der Waals surface area contributed by atoms with Crippen LogP contribution in [0.1, 0.15) is 31.4 Å². The van der Waals surface area contributed by atoms with Crippen LogP contribution >= 0.6 is 0 Å².